The molecule has 0 amide bonds. The van der Waals surface area contributed by atoms with Gasteiger partial charge in [-0.2, -0.15) is 0 Å². The minimum Gasteiger partial charge on any atom is -0.479 e. The van der Waals surface area contributed by atoms with Crippen molar-refractivity contribution < 1.29 is 15.0 Å². The van der Waals surface area contributed by atoms with E-state index in [0.29, 0.717) is 6.42 Å². The average molecular weight is 357 g/mol. The summed E-state index contributed by atoms with van der Waals surface area (Å²) < 4.78 is 0. The van der Waals surface area contributed by atoms with E-state index in [1.54, 1.807) is 0 Å². The van der Waals surface area contributed by atoms with Gasteiger partial charge in [-0.15, -0.1) is 0 Å². The molecule has 0 aromatic heterocycles. The van der Waals surface area contributed by atoms with Gasteiger partial charge in [0.25, 0.3) is 0 Å². The highest BCUT2D eigenvalue weighted by Crippen LogP contribution is 2.15. The van der Waals surface area contributed by atoms with Gasteiger partial charge in [0, 0.05) is 0 Å². The van der Waals surface area contributed by atoms with Crippen LogP contribution >= 0.6 is 0 Å². The topological polar surface area (TPSA) is 57.5 Å². The smallest absolute Gasteiger partial charge is 0.332 e. The monoisotopic (exact) mass is 356 g/mol. The molecule has 0 aromatic rings. The quantitative estimate of drug-likeness (QED) is 0.253. The third-order valence-corrected chi connectivity index (χ3v) is 5.04. The largest absolute Gasteiger partial charge is 0.479 e. The van der Waals surface area contributed by atoms with E-state index in [2.05, 4.69) is 13.8 Å². The van der Waals surface area contributed by atoms with Crippen LogP contribution in [-0.2, 0) is 4.79 Å². The van der Waals surface area contributed by atoms with Gasteiger partial charge in [0.15, 0.2) is 6.10 Å². The first-order valence-electron chi connectivity index (χ1n) is 10.9. The normalized spacial score (nSPS) is 12.6. The van der Waals surface area contributed by atoms with E-state index >= 15 is 0 Å². The van der Waals surface area contributed by atoms with Crippen LogP contribution in [0.3, 0.4) is 0 Å². The van der Waals surface area contributed by atoms with E-state index in [9.17, 15) is 4.79 Å². The lowest BCUT2D eigenvalue weighted by Gasteiger charge is -2.05. The van der Waals surface area contributed by atoms with Crippen LogP contribution in [0, 0.1) is 5.92 Å². The predicted octanol–water partition coefficient (Wildman–Crippen LogP) is 6.72. The van der Waals surface area contributed by atoms with E-state index in [4.69, 9.17) is 10.2 Å². The predicted molar refractivity (Wildman–Crippen MR) is 107 cm³/mol. The molecule has 0 spiro atoms. The average Bonchev–Trinajstić information content (AvgIpc) is 2.57. The number of hydrogen-bond donors (Lipinski definition) is 2. The van der Waals surface area contributed by atoms with Crippen LogP contribution in [0.1, 0.15) is 123 Å². The lowest BCUT2D eigenvalue weighted by atomic mass is 10.0. The Morgan fingerprint density at radius 2 is 0.880 bits per heavy atom. The highest BCUT2D eigenvalue weighted by Gasteiger charge is 2.11. The van der Waals surface area contributed by atoms with Crippen molar-refractivity contribution in [1.82, 2.24) is 0 Å². The van der Waals surface area contributed by atoms with Gasteiger partial charge in [0.05, 0.1) is 0 Å². The standard InChI is InChI=1S/C22H44O3/c1-20(2)18-16-14-12-10-8-6-4-3-5-7-9-11-13-15-17-19-21(23)22(24)25/h20-21,23H,3-19H2,1-2H3,(H,24,25)/t21-/m1/s1. The summed E-state index contributed by atoms with van der Waals surface area (Å²) in [5, 5.41) is 17.7. The zero-order chi connectivity index (χ0) is 18.8. The van der Waals surface area contributed by atoms with Crippen LogP contribution in [0.4, 0.5) is 0 Å². The van der Waals surface area contributed by atoms with E-state index in [-0.39, 0.29) is 0 Å². The first-order chi connectivity index (χ1) is 12.0. The fourth-order valence-electron chi connectivity index (χ4n) is 3.31. The summed E-state index contributed by atoms with van der Waals surface area (Å²) in [7, 11) is 0. The van der Waals surface area contributed by atoms with Crippen molar-refractivity contribution in [2.75, 3.05) is 0 Å². The molecule has 0 aromatic carbocycles. The Labute approximate surface area is 156 Å². The number of rotatable bonds is 19. The molecule has 1 atom stereocenters. The van der Waals surface area contributed by atoms with Crippen molar-refractivity contribution in [2.45, 2.75) is 129 Å². The second-order valence-electron chi connectivity index (χ2n) is 8.13. The molecule has 3 heteroatoms. The van der Waals surface area contributed by atoms with Gasteiger partial charge in [0.2, 0.25) is 0 Å². The van der Waals surface area contributed by atoms with Crippen molar-refractivity contribution in [3.05, 3.63) is 0 Å². The van der Waals surface area contributed by atoms with E-state index in [1.807, 2.05) is 0 Å². The minimum absolute atomic E-state index is 0.396. The molecule has 2 N–H and O–H groups in total. The van der Waals surface area contributed by atoms with Gasteiger partial charge >= 0.3 is 5.97 Å². The Kier molecular flexibility index (Phi) is 17.8. The summed E-state index contributed by atoms with van der Waals surface area (Å²) in [6.07, 6.45) is 20.2. The molecule has 0 aliphatic rings. The molecule has 0 rings (SSSR count). The van der Waals surface area contributed by atoms with Crippen LogP contribution in [0.5, 0.6) is 0 Å². The minimum atomic E-state index is -1.17. The number of aliphatic hydroxyl groups excluding tert-OH is 1. The first kappa shape index (κ1) is 24.4. The maximum Gasteiger partial charge on any atom is 0.332 e. The number of aliphatic carboxylic acids is 1. The number of carbonyl (C=O) groups is 1. The Balaban J connectivity index is 3.06. The molecule has 0 radical (unpaired) electrons. The molecular weight excluding hydrogens is 312 g/mol. The molecular formula is C22H44O3. The van der Waals surface area contributed by atoms with Crippen molar-refractivity contribution in [2.24, 2.45) is 5.92 Å². The van der Waals surface area contributed by atoms with Gasteiger partial charge in [-0.1, -0.05) is 117 Å². The molecule has 150 valence electrons. The number of hydrogen-bond acceptors (Lipinski definition) is 2. The maximum absolute atomic E-state index is 10.5. The molecule has 0 unspecified atom stereocenters. The Morgan fingerprint density at radius 3 is 1.16 bits per heavy atom. The van der Waals surface area contributed by atoms with E-state index in [0.717, 1.165) is 18.8 Å². The van der Waals surface area contributed by atoms with Crippen LogP contribution in [0.25, 0.3) is 0 Å². The summed E-state index contributed by atoms with van der Waals surface area (Å²) in [4.78, 5) is 10.5. The summed E-state index contributed by atoms with van der Waals surface area (Å²) in [5.74, 6) is -0.226. The van der Waals surface area contributed by atoms with Gasteiger partial charge in [-0.05, 0) is 12.3 Å². The molecule has 3 nitrogen and oxygen atoms in total. The third-order valence-electron chi connectivity index (χ3n) is 5.04. The number of carboxylic acid groups (broad SMARTS) is 1. The van der Waals surface area contributed by atoms with Gasteiger partial charge < -0.3 is 10.2 Å². The Morgan fingerprint density at radius 1 is 0.600 bits per heavy atom. The van der Waals surface area contributed by atoms with E-state index in [1.165, 1.54) is 89.9 Å². The first-order valence-corrected chi connectivity index (χ1v) is 10.9. The number of unbranched alkanes of at least 4 members (excludes halogenated alkanes) is 14. The van der Waals surface area contributed by atoms with Gasteiger partial charge in [0.1, 0.15) is 0 Å². The third kappa shape index (κ3) is 19.6. The molecule has 0 aliphatic heterocycles. The molecule has 0 heterocycles. The second-order valence-corrected chi connectivity index (χ2v) is 8.13. The van der Waals surface area contributed by atoms with Gasteiger partial charge in [-0.3, -0.25) is 0 Å². The van der Waals surface area contributed by atoms with Crippen LogP contribution in [0.2, 0.25) is 0 Å². The Bertz CT molecular complexity index is 289. The zero-order valence-electron chi connectivity index (χ0n) is 17.0. The lowest BCUT2D eigenvalue weighted by Crippen LogP contribution is -2.18. The SMILES string of the molecule is CC(C)CCCCCCCCCCCCCCCCC[C@@H](O)C(=O)O. The highest BCUT2D eigenvalue weighted by molar-refractivity contribution is 5.71. The fourth-order valence-corrected chi connectivity index (χ4v) is 3.31. The molecule has 0 saturated carbocycles. The molecule has 0 aliphatic carbocycles. The summed E-state index contributed by atoms with van der Waals surface area (Å²) in [5.41, 5.74) is 0. The van der Waals surface area contributed by atoms with E-state index < -0.39 is 12.1 Å². The molecule has 0 fully saturated rings. The highest BCUT2D eigenvalue weighted by atomic mass is 16.4. The van der Waals surface area contributed by atoms with Gasteiger partial charge in [-0.25, -0.2) is 4.79 Å². The Hall–Kier alpha value is -0.570. The number of aliphatic hydroxyl groups is 1. The molecule has 0 bridgehead atoms. The summed E-state index contributed by atoms with van der Waals surface area (Å²) >= 11 is 0. The lowest BCUT2D eigenvalue weighted by molar-refractivity contribution is -0.146. The van der Waals surface area contributed by atoms with Crippen molar-refractivity contribution in [3.8, 4) is 0 Å². The number of carboxylic acids is 1. The second kappa shape index (κ2) is 18.2. The molecule has 0 saturated heterocycles. The van der Waals surface area contributed by atoms with Crippen LogP contribution in [-0.4, -0.2) is 22.3 Å². The van der Waals surface area contributed by atoms with Crippen LogP contribution in [0.15, 0.2) is 0 Å². The van der Waals surface area contributed by atoms with Crippen LogP contribution < -0.4 is 0 Å². The summed E-state index contributed by atoms with van der Waals surface area (Å²) in [6.45, 7) is 4.63. The van der Waals surface area contributed by atoms with Crippen molar-refractivity contribution in [1.29, 1.82) is 0 Å². The maximum atomic E-state index is 10.5. The summed E-state index contributed by atoms with van der Waals surface area (Å²) in [6, 6.07) is 0. The molecule has 25 heavy (non-hydrogen) atoms. The van der Waals surface area contributed by atoms with Crippen molar-refractivity contribution in [3.63, 3.8) is 0 Å². The van der Waals surface area contributed by atoms with Crippen molar-refractivity contribution >= 4 is 5.97 Å². The fraction of sp³-hybridized carbons (Fsp3) is 0.955. The zero-order valence-corrected chi connectivity index (χ0v) is 17.0.